The molecule has 0 aromatic heterocycles. The first-order valence-corrected chi connectivity index (χ1v) is 2.03. The van der Waals surface area contributed by atoms with Crippen LogP contribution in [0.15, 0.2) is 24.2 Å². The zero-order valence-electron chi connectivity index (χ0n) is 5.26. The number of anilines is 1. The van der Waals surface area contributed by atoms with Crippen molar-refractivity contribution in [3.63, 3.8) is 0 Å². The number of nitrogens with two attached hydrogens (primary N) is 1. The maximum absolute atomic E-state index is 7.00. The Morgan fingerprint density at radius 2 is 2.38 bits per heavy atom. The van der Waals surface area contributed by atoms with Crippen LogP contribution >= 0.6 is 0 Å². The van der Waals surface area contributed by atoms with Gasteiger partial charge in [0.1, 0.15) is 0 Å². The van der Waals surface area contributed by atoms with Crippen molar-refractivity contribution >= 4 is 5.69 Å². The second kappa shape index (κ2) is 3.59. The standard InChI is InChI=1S/C6H6N.V/c7-6-4-2-1-3-5-6;/h2-5H,7H2;/q-1;/i2T;. The molecule has 0 atom stereocenters. The van der Waals surface area contributed by atoms with Crippen LogP contribution < -0.4 is 5.73 Å². The molecule has 1 rings (SSSR count). The number of hydrogen-bond donors (Lipinski definition) is 1. The van der Waals surface area contributed by atoms with Crippen molar-refractivity contribution in [3.8, 4) is 0 Å². The number of nitrogen functional groups attached to an aromatic ring is 1. The molecule has 1 aromatic carbocycles. The predicted octanol–water partition coefficient (Wildman–Crippen LogP) is 1.07. The molecular formula is C6H6NV-. The second-order valence-electron chi connectivity index (χ2n) is 1.27. The van der Waals surface area contributed by atoms with Crippen LogP contribution in [-0.2, 0) is 18.6 Å². The van der Waals surface area contributed by atoms with E-state index in [1.54, 1.807) is 18.2 Å². The fourth-order valence-electron chi connectivity index (χ4n) is 0.359. The maximum Gasteiger partial charge on any atom is 0.0333 e. The van der Waals surface area contributed by atoms with E-state index < -0.39 is 0 Å². The summed E-state index contributed by atoms with van der Waals surface area (Å²) in [6.07, 6.45) is 0. The Hall–Kier alpha value is -0.396. The monoisotopic (exact) mass is 145 g/mol. The van der Waals surface area contributed by atoms with Crippen molar-refractivity contribution in [2.75, 3.05) is 5.73 Å². The molecule has 1 nitrogen and oxygen atoms in total. The molecule has 41 valence electrons. The molecule has 1 aromatic rings. The van der Waals surface area contributed by atoms with E-state index in [-0.39, 0.29) is 18.6 Å². The smallest absolute Gasteiger partial charge is 0.0333 e. The molecule has 0 unspecified atom stereocenters. The van der Waals surface area contributed by atoms with Gasteiger partial charge in [0.15, 0.2) is 0 Å². The first kappa shape index (κ1) is 5.74. The summed E-state index contributed by atoms with van der Waals surface area (Å²) >= 11 is 0. The van der Waals surface area contributed by atoms with E-state index in [4.69, 9.17) is 7.10 Å². The summed E-state index contributed by atoms with van der Waals surface area (Å²) in [5.41, 5.74) is 5.94. The Bertz CT molecular complexity index is 173. The first-order chi connectivity index (χ1) is 3.79. The normalized spacial score (nSPS) is 9.25. The minimum atomic E-state index is 0. The van der Waals surface area contributed by atoms with Crippen molar-refractivity contribution in [1.82, 2.24) is 0 Å². The summed E-state index contributed by atoms with van der Waals surface area (Å²) in [5, 5.41) is 0. The van der Waals surface area contributed by atoms with Gasteiger partial charge in [0.05, 0.1) is 0 Å². The van der Waals surface area contributed by atoms with Gasteiger partial charge in [-0.15, -0.1) is 12.1 Å². The SMILES string of the molecule is [3H]c1[c-]ccc(N)c1.[V]. The minimum absolute atomic E-state index is 0. The third-order valence-corrected chi connectivity index (χ3v) is 0.681. The van der Waals surface area contributed by atoms with E-state index in [2.05, 4.69) is 6.07 Å². The van der Waals surface area contributed by atoms with Crippen LogP contribution in [0.3, 0.4) is 0 Å². The molecule has 2 N–H and O–H groups in total. The molecule has 0 aliphatic heterocycles. The van der Waals surface area contributed by atoms with Gasteiger partial charge >= 0.3 is 0 Å². The van der Waals surface area contributed by atoms with Crippen molar-refractivity contribution in [2.45, 2.75) is 0 Å². The molecule has 0 bridgehead atoms. The Balaban J connectivity index is 0.000000640. The summed E-state index contributed by atoms with van der Waals surface area (Å²) in [6, 6.07) is 7.90. The van der Waals surface area contributed by atoms with Gasteiger partial charge in [-0.05, 0) is 0 Å². The van der Waals surface area contributed by atoms with Crippen LogP contribution in [-0.4, -0.2) is 0 Å². The van der Waals surface area contributed by atoms with Crippen LogP contribution in [0.5, 0.6) is 0 Å². The summed E-state index contributed by atoms with van der Waals surface area (Å²) in [5.74, 6) is 0. The van der Waals surface area contributed by atoms with E-state index in [1.807, 2.05) is 0 Å². The summed E-state index contributed by atoms with van der Waals surface area (Å²) < 4.78 is 7.00. The van der Waals surface area contributed by atoms with Crippen molar-refractivity contribution < 1.29 is 19.9 Å². The minimum Gasteiger partial charge on any atom is -0.419 e. The van der Waals surface area contributed by atoms with Gasteiger partial charge < -0.3 is 5.73 Å². The average molecular weight is 145 g/mol. The molecule has 8 heavy (non-hydrogen) atoms. The van der Waals surface area contributed by atoms with Gasteiger partial charge in [0.2, 0.25) is 0 Å². The Kier molecular flexibility index (Phi) is 2.57. The third-order valence-electron chi connectivity index (χ3n) is 0.681. The van der Waals surface area contributed by atoms with Gasteiger partial charge in [-0.3, -0.25) is 0 Å². The molecule has 0 spiro atoms. The van der Waals surface area contributed by atoms with Crippen molar-refractivity contribution in [3.05, 3.63) is 30.3 Å². The van der Waals surface area contributed by atoms with Gasteiger partial charge in [0.25, 0.3) is 0 Å². The Morgan fingerprint density at radius 1 is 1.62 bits per heavy atom. The molecule has 0 heterocycles. The molecule has 0 saturated carbocycles. The zero-order chi connectivity index (χ0) is 5.98. The summed E-state index contributed by atoms with van der Waals surface area (Å²) in [7, 11) is 0. The molecule has 0 fully saturated rings. The van der Waals surface area contributed by atoms with Crippen LogP contribution in [0.2, 0.25) is 0 Å². The fourth-order valence-corrected chi connectivity index (χ4v) is 0.359. The molecule has 0 aliphatic rings. The van der Waals surface area contributed by atoms with Crippen molar-refractivity contribution in [2.24, 2.45) is 0 Å². The Labute approximate surface area is 62.2 Å². The second-order valence-corrected chi connectivity index (χ2v) is 1.27. The molecule has 0 saturated heterocycles. The summed E-state index contributed by atoms with van der Waals surface area (Å²) in [6.45, 7) is 0. The van der Waals surface area contributed by atoms with Crippen LogP contribution in [0.4, 0.5) is 5.69 Å². The van der Waals surface area contributed by atoms with Crippen LogP contribution in [0, 0.1) is 6.07 Å². The van der Waals surface area contributed by atoms with E-state index in [0.717, 1.165) is 0 Å². The zero-order valence-corrected chi connectivity index (χ0v) is 5.65. The quantitative estimate of drug-likeness (QED) is 0.428. The fraction of sp³-hybridized carbons (Fsp3) is 0. The number of rotatable bonds is 0. The van der Waals surface area contributed by atoms with E-state index in [9.17, 15) is 0 Å². The predicted molar refractivity (Wildman–Crippen MR) is 29.7 cm³/mol. The molecular weight excluding hydrogens is 137 g/mol. The van der Waals surface area contributed by atoms with Gasteiger partial charge in [0, 0.05) is 19.9 Å². The first-order valence-electron chi connectivity index (χ1n) is 2.53. The molecule has 2 heteroatoms. The van der Waals surface area contributed by atoms with Gasteiger partial charge in [-0.1, -0.05) is 5.69 Å². The molecule has 0 aliphatic carbocycles. The van der Waals surface area contributed by atoms with Gasteiger partial charge in [-0.2, -0.15) is 18.2 Å². The van der Waals surface area contributed by atoms with Crippen LogP contribution in [0.25, 0.3) is 0 Å². The maximum atomic E-state index is 7.00. The van der Waals surface area contributed by atoms with E-state index >= 15 is 0 Å². The topological polar surface area (TPSA) is 26.0 Å². The Morgan fingerprint density at radius 3 is 2.75 bits per heavy atom. The van der Waals surface area contributed by atoms with Crippen molar-refractivity contribution in [1.29, 1.82) is 0 Å². The summed E-state index contributed by atoms with van der Waals surface area (Å²) in [4.78, 5) is 0. The van der Waals surface area contributed by atoms with Crippen LogP contribution in [0.1, 0.15) is 1.37 Å². The van der Waals surface area contributed by atoms with Gasteiger partial charge in [-0.25, -0.2) is 0 Å². The van der Waals surface area contributed by atoms with E-state index in [0.29, 0.717) is 11.7 Å². The largest absolute Gasteiger partial charge is 0.419 e. The average Bonchev–Trinajstić information content (AvgIpc) is 1.64. The molecule has 0 amide bonds. The number of hydrogen-bond acceptors (Lipinski definition) is 1. The third kappa shape index (κ3) is 2.05. The number of benzene rings is 1. The van der Waals surface area contributed by atoms with E-state index in [1.165, 1.54) is 0 Å². The molecule has 1 radical (unpaired) electrons.